The van der Waals surface area contributed by atoms with E-state index >= 15 is 0 Å². The first-order chi connectivity index (χ1) is 17.5. The van der Waals surface area contributed by atoms with Gasteiger partial charge in [0, 0.05) is 36.2 Å². The van der Waals surface area contributed by atoms with Crippen molar-refractivity contribution < 1.29 is 9.53 Å². The van der Waals surface area contributed by atoms with Crippen LogP contribution < -0.4 is 15.0 Å². The van der Waals surface area contributed by atoms with Crippen LogP contribution in [0.15, 0.2) is 73.6 Å². The number of likely N-dealkylation sites (tertiary alicyclic amines) is 1. The van der Waals surface area contributed by atoms with Gasteiger partial charge in [0.2, 0.25) is 11.8 Å². The first-order valence-electron chi connectivity index (χ1n) is 12.1. The smallest absolute Gasteiger partial charge is 0.247 e. The topological polar surface area (TPSA) is 86.4 Å². The summed E-state index contributed by atoms with van der Waals surface area (Å²) in [6.07, 6.45) is 5.06. The summed E-state index contributed by atoms with van der Waals surface area (Å²) >= 11 is 0. The second-order valence-electron chi connectivity index (χ2n) is 9.14. The average molecular weight is 483 g/mol. The van der Waals surface area contributed by atoms with Crippen LogP contribution in [0.2, 0.25) is 0 Å². The largest absolute Gasteiger partial charge is 0.438 e. The number of fused-ring (bicyclic) bond motifs is 1. The summed E-state index contributed by atoms with van der Waals surface area (Å²) in [7, 11) is 4.37. The number of rotatable bonds is 7. The third kappa shape index (κ3) is 5.08. The van der Waals surface area contributed by atoms with E-state index in [4.69, 9.17) is 4.74 Å². The molecule has 36 heavy (non-hydrogen) atoms. The summed E-state index contributed by atoms with van der Waals surface area (Å²) in [5, 5.41) is 3.51. The summed E-state index contributed by atoms with van der Waals surface area (Å²) in [6, 6.07) is 18.3. The second-order valence-corrected chi connectivity index (χ2v) is 9.14. The maximum Gasteiger partial charge on any atom is 0.247 e. The standard InChI is InChI=1S/C28H30N6O2/c1-4-26(35)31-20-6-5-7-23(16-20)36-28-24-17-25(32-27(24)29-18-30-28)19-8-10-21(11-9-19)34(3)22-12-14-33(2)15-13-22/h4-11,16-18,22H,1,12-15H2,2-3H3,(H,31,35)(H,29,30,32). The van der Waals surface area contributed by atoms with Crippen LogP contribution in [0, 0.1) is 0 Å². The van der Waals surface area contributed by atoms with Crippen molar-refractivity contribution in [3.05, 3.63) is 73.6 Å². The lowest BCUT2D eigenvalue weighted by Gasteiger charge is -2.36. The Labute approximate surface area is 210 Å². The highest BCUT2D eigenvalue weighted by atomic mass is 16.5. The minimum Gasteiger partial charge on any atom is -0.438 e. The number of aromatic amines is 1. The van der Waals surface area contributed by atoms with Crippen LogP contribution in [0.5, 0.6) is 11.6 Å². The van der Waals surface area contributed by atoms with Crippen LogP contribution in [0.4, 0.5) is 11.4 Å². The molecule has 0 unspecified atom stereocenters. The predicted octanol–water partition coefficient (Wildman–Crippen LogP) is 5.07. The van der Waals surface area contributed by atoms with Crippen molar-refractivity contribution in [2.75, 3.05) is 37.4 Å². The highest BCUT2D eigenvalue weighted by Crippen LogP contribution is 2.32. The molecule has 184 valence electrons. The molecular weight excluding hydrogens is 452 g/mol. The van der Waals surface area contributed by atoms with E-state index in [1.165, 1.54) is 30.9 Å². The lowest BCUT2D eigenvalue weighted by Crippen LogP contribution is -2.41. The van der Waals surface area contributed by atoms with E-state index < -0.39 is 0 Å². The van der Waals surface area contributed by atoms with E-state index in [1.54, 1.807) is 18.2 Å². The van der Waals surface area contributed by atoms with Gasteiger partial charge in [0.25, 0.3) is 0 Å². The molecule has 3 heterocycles. The molecule has 1 amide bonds. The molecule has 0 spiro atoms. The highest BCUT2D eigenvalue weighted by molar-refractivity contribution is 5.99. The lowest BCUT2D eigenvalue weighted by molar-refractivity contribution is -0.111. The van der Waals surface area contributed by atoms with Gasteiger partial charge in [-0.15, -0.1) is 0 Å². The van der Waals surface area contributed by atoms with Crippen molar-refractivity contribution in [3.8, 4) is 22.9 Å². The van der Waals surface area contributed by atoms with Crippen molar-refractivity contribution >= 4 is 28.3 Å². The first-order valence-corrected chi connectivity index (χ1v) is 12.1. The molecule has 4 aromatic rings. The van der Waals surface area contributed by atoms with Gasteiger partial charge in [-0.25, -0.2) is 9.97 Å². The molecule has 8 heteroatoms. The zero-order chi connectivity index (χ0) is 25.1. The van der Waals surface area contributed by atoms with Gasteiger partial charge >= 0.3 is 0 Å². The van der Waals surface area contributed by atoms with Gasteiger partial charge < -0.3 is 24.8 Å². The Balaban J connectivity index is 1.35. The molecule has 0 bridgehead atoms. The maximum absolute atomic E-state index is 11.6. The number of piperidine rings is 1. The SMILES string of the molecule is C=CC(=O)Nc1cccc(Oc2ncnc3[nH]c(-c4ccc(N(C)C5CCN(C)CC5)cc4)cc23)c1. The van der Waals surface area contributed by atoms with E-state index in [-0.39, 0.29) is 5.91 Å². The van der Waals surface area contributed by atoms with E-state index in [0.29, 0.717) is 29.0 Å². The summed E-state index contributed by atoms with van der Waals surface area (Å²) in [4.78, 5) is 28.5. The molecule has 0 atom stereocenters. The van der Waals surface area contributed by atoms with Crippen molar-refractivity contribution in [1.29, 1.82) is 0 Å². The Morgan fingerprint density at radius 2 is 1.94 bits per heavy atom. The number of hydrogen-bond acceptors (Lipinski definition) is 6. The molecule has 8 nitrogen and oxygen atoms in total. The number of benzene rings is 2. The van der Waals surface area contributed by atoms with Crippen molar-refractivity contribution in [3.63, 3.8) is 0 Å². The number of carbonyl (C=O) groups excluding carboxylic acids is 1. The molecule has 2 N–H and O–H groups in total. The third-order valence-electron chi connectivity index (χ3n) is 6.71. The average Bonchev–Trinajstić information content (AvgIpc) is 3.34. The van der Waals surface area contributed by atoms with Gasteiger partial charge in [0.15, 0.2) is 0 Å². The molecule has 2 aromatic heterocycles. The molecule has 5 rings (SSSR count). The van der Waals surface area contributed by atoms with Gasteiger partial charge in [-0.3, -0.25) is 4.79 Å². The fourth-order valence-corrected chi connectivity index (χ4v) is 4.57. The molecule has 0 aliphatic carbocycles. The van der Waals surface area contributed by atoms with Gasteiger partial charge in [-0.05, 0) is 75.0 Å². The highest BCUT2D eigenvalue weighted by Gasteiger charge is 2.21. The molecule has 2 aromatic carbocycles. The minimum atomic E-state index is -0.282. The Hall–Kier alpha value is -4.17. The molecular formula is C28H30N6O2. The Bertz CT molecular complexity index is 1370. The van der Waals surface area contributed by atoms with E-state index in [9.17, 15) is 4.79 Å². The van der Waals surface area contributed by atoms with Crippen LogP contribution in [0.1, 0.15) is 12.8 Å². The van der Waals surface area contributed by atoms with Crippen molar-refractivity contribution in [2.24, 2.45) is 0 Å². The zero-order valence-corrected chi connectivity index (χ0v) is 20.6. The molecule has 0 saturated carbocycles. The third-order valence-corrected chi connectivity index (χ3v) is 6.71. The zero-order valence-electron chi connectivity index (χ0n) is 20.6. The summed E-state index contributed by atoms with van der Waals surface area (Å²) < 4.78 is 6.06. The van der Waals surface area contributed by atoms with E-state index in [1.807, 2.05) is 12.1 Å². The predicted molar refractivity (Wildman–Crippen MR) is 144 cm³/mol. The summed E-state index contributed by atoms with van der Waals surface area (Å²) in [5.74, 6) is 0.713. The Kier molecular flexibility index (Phi) is 6.69. The molecule has 1 aliphatic rings. The minimum absolute atomic E-state index is 0.282. The number of hydrogen-bond donors (Lipinski definition) is 2. The molecule has 1 fully saturated rings. The first kappa shape index (κ1) is 23.6. The van der Waals surface area contributed by atoms with E-state index in [2.05, 4.69) is 75.0 Å². The number of amides is 1. The number of ether oxygens (including phenoxy) is 1. The number of nitrogens with zero attached hydrogens (tertiary/aromatic N) is 4. The van der Waals surface area contributed by atoms with Crippen LogP contribution in [0.3, 0.4) is 0 Å². The number of aromatic nitrogens is 3. The lowest BCUT2D eigenvalue weighted by atomic mass is 10.0. The number of nitrogens with one attached hydrogen (secondary N) is 2. The van der Waals surface area contributed by atoms with Gasteiger partial charge in [0.1, 0.15) is 17.7 Å². The Morgan fingerprint density at radius 1 is 1.17 bits per heavy atom. The second kappa shape index (κ2) is 10.2. The number of anilines is 2. The quantitative estimate of drug-likeness (QED) is 0.358. The molecule has 1 saturated heterocycles. The van der Waals surface area contributed by atoms with Gasteiger partial charge in [-0.1, -0.05) is 24.8 Å². The van der Waals surface area contributed by atoms with Crippen LogP contribution in [0.25, 0.3) is 22.3 Å². The monoisotopic (exact) mass is 482 g/mol. The van der Waals surface area contributed by atoms with Gasteiger partial charge in [0.05, 0.1) is 5.39 Å². The fourth-order valence-electron chi connectivity index (χ4n) is 4.57. The van der Waals surface area contributed by atoms with Gasteiger partial charge in [-0.2, -0.15) is 0 Å². The molecule has 1 aliphatic heterocycles. The van der Waals surface area contributed by atoms with Crippen molar-refractivity contribution in [2.45, 2.75) is 18.9 Å². The normalized spacial score (nSPS) is 14.5. The fraction of sp³-hybridized carbons (Fsp3) is 0.250. The Morgan fingerprint density at radius 3 is 2.69 bits per heavy atom. The van der Waals surface area contributed by atoms with Crippen LogP contribution in [-0.4, -0.2) is 59.0 Å². The van der Waals surface area contributed by atoms with Crippen LogP contribution >= 0.6 is 0 Å². The molecule has 0 radical (unpaired) electrons. The van der Waals surface area contributed by atoms with Crippen LogP contribution in [-0.2, 0) is 4.79 Å². The number of H-pyrrole nitrogens is 1. The van der Waals surface area contributed by atoms with E-state index in [0.717, 1.165) is 29.7 Å². The van der Waals surface area contributed by atoms with Crippen molar-refractivity contribution in [1.82, 2.24) is 19.9 Å². The maximum atomic E-state index is 11.6. The summed E-state index contributed by atoms with van der Waals surface area (Å²) in [6.45, 7) is 5.76. The number of carbonyl (C=O) groups is 1. The summed E-state index contributed by atoms with van der Waals surface area (Å²) in [5.41, 5.74) is 4.53.